The third-order valence-corrected chi connectivity index (χ3v) is 2.90. The normalized spacial score (nSPS) is 11.1. The first-order valence-corrected chi connectivity index (χ1v) is 7.02. The van der Waals surface area contributed by atoms with E-state index in [2.05, 4.69) is 41.9 Å². The van der Waals surface area contributed by atoms with Gasteiger partial charge in [0, 0.05) is 18.7 Å². The van der Waals surface area contributed by atoms with E-state index in [1.807, 2.05) is 25.1 Å². The summed E-state index contributed by atoms with van der Waals surface area (Å²) in [6, 6.07) is 12.3. The van der Waals surface area contributed by atoms with Gasteiger partial charge in [0.15, 0.2) is 0 Å². The van der Waals surface area contributed by atoms with Crippen molar-refractivity contribution in [1.82, 2.24) is 0 Å². The van der Waals surface area contributed by atoms with Crippen LogP contribution in [0.1, 0.15) is 26.7 Å². The number of rotatable bonds is 7. The monoisotopic (exact) mass is 270 g/mol. The highest BCUT2D eigenvalue weighted by atomic mass is 16.5. The summed E-state index contributed by atoms with van der Waals surface area (Å²) in [7, 11) is 0. The maximum Gasteiger partial charge on any atom is 0.0794 e. The van der Waals surface area contributed by atoms with Crippen LogP contribution < -0.4 is 4.90 Å². The van der Waals surface area contributed by atoms with Gasteiger partial charge in [0.2, 0.25) is 0 Å². The molecular weight excluding hydrogens is 248 g/mol. The fourth-order valence-corrected chi connectivity index (χ4v) is 1.76. The van der Waals surface area contributed by atoms with E-state index in [0.29, 0.717) is 19.4 Å². The third kappa shape index (κ3) is 6.27. The smallest absolute Gasteiger partial charge is 0.0794 e. The molecule has 1 rings (SSSR count). The number of ether oxygens (including phenoxy) is 1. The summed E-state index contributed by atoms with van der Waals surface area (Å²) >= 11 is 0. The molecular formula is C17H22N2O. The maximum atomic E-state index is 8.43. The van der Waals surface area contributed by atoms with Crippen molar-refractivity contribution < 1.29 is 4.74 Å². The van der Waals surface area contributed by atoms with Crippen LogP contribution in [-0.2, 0) is 4.74 Å². The second kappa shape index (κ2) is 9.89. The molecule has 106 valence electrons. The van der Waals surface area contributed by atoms with Gasteiger partial charge in [-0.3, -0.25) is 0 Å². The summed E-state index contributed by atoms with van der Waals surface area (Å²) in [4.78, 5) is 2.23. The van der Waals surface area contributed by atoms with Gasteiger partial charge >= 0.3 is 0 Å². The Bertz CT molecular complexity index is 467. The molecule has 0 radical (unpaired) electrons. The molecule has 0 amide bonds. The lowest BCUT2D eigenvalue weighted by Gasteiger charge is -2.19. The highest BCUT2D eigenvalue weighted by Crippen LogP contribution is 2.11. The van der Waals surface area contributed by atoms with Crippen LogP contribution in [0.15, 0.2) is 30.3 Å². The van der Waals surface area contributed by atoms with Crippen molar-refractivity contribution in [2.75, 3.05) is 24.6 Å². The molecule has 20 heavy (non-hydrogen) atoms. The Morgan fingerprint density at radius 3 is 2.65 bits per heavy atom. The first-order valence-electron chi connectivity index (χ1n) is 7.02. The summed E-state index contributed by atoms with van der Waals surface area (Å²) in [5, 5.41) is 8.43. The third-order valence-electron chi connectivity index (χ3n) is 2.90. The molecule has 0 aliphatic heterocycles. The molecule has 0 heterocycles. The van der Waals surface area contributed by atoms with Gasteiger partial charge in [0.25, 0.3) is 0 Å². The first kappa shape index (κ1) is 16.1. The van der Waals surface area contributed by atoms with E-state index in [9.17, 15) is 0 Å². The fraction of sp³-hybridized carbons (Fsp3) is 0.471. The number of hydrogen-bond donors (Lipinski definition) is 0. The molecule has 0 aromatic heterocycles. The Hall–Kier alpha value is -1.97. The van der Waals surface area contributed by atoms with Crippen molar-refractivity contribution in [2.45, 2.75) is 32.8 Å². The molecule has 3 nitrogen and oxygen atoms in total. The van der Waals surface area contributed by atoms with E-state index >= 15 is 0 Å². The number of anilines is 1. The zero-order valence-corrected chi connectivity index (χ0v) is 12.3. The average Bonchev–Trinajstić information content (AvgIpc) is 2.48. The molecule has 3 heteroatoms. The van der Waals surface area contributed by atoms with Gasteiger partial charge in [-0.25, -0.2) is 0 Å². The minimum Gasteiger partial charge on any atom is -0.376 e. The van der Waals surface area contributed by atoms with Gasteiger partial charge in [-0.1, -0.05) is 30.0 Å². The van der Waals surface area contributed by atoms with Crippen molar-refractivity contribution in [2.24, 2.45) is 0 Å². The molecule has 0 N–H and O–H groups in total. The molecule has 1 unspecified atom stereocenters. The minimum absolute atomic E-state index is 0.0858. The minimum atomic E-state index is 0.0858. The molecule has 1 aromatic rings. The largest absolute Gasteiger partial charge is 0.376 e. The number of nitrogens with zero attached hydrogens (tertiary/aromatic N) is 2. The second-order valence-electron chi connectivity index (χ2n) is 4.50. The molecule has 1 atom stereocenters. The number of benzene rings is 1. The van der Waals surface area contributed by atoms with Crippen LogP contribution in [0.3, 0.4) is 0 Å². The topological polar surface area (TPSA) is 36.3 Å². The molecule has 0 saturated carbocycles. The van der Waals surface area contributed by atoms with Crippen LogP contribution in [0.5, 0.6) is 0 Å². The quantitative estimate of drug-likeness (QED) is 0.564. The van der Waals surface area contributed by atoms with Gasteiger partial charge in [0.05, 0.1) is 31.7 Å². The van der Waals surface area contributed by atoms with Crippen molar-refractivity contribution in [3.05, 3.63) is 30.3 Å². The van der Waals surface area contributed by atoms with Gasteiger partial charge in [0.1, 0.15) is 0 Å². The Morgan fingerprint density at radius 1 is 1.25 bits per heavy atom. The fourth-order valence-electron chi connectivity index (χ4n) is 1.76. The Balaban J connectivity index is 2.35. The van der Waals surface area contributed by atoms with Crippen LogP contribution >= 0.6 is 0 Å². The summed E-state index contributed by atoms with van der Waals surface area (Å²) in [6.45, 7) is 6.27. The Morgan fingerprint density at radius 2 is 2.00 bits per heavy atom. The maximum absolute atomic E-state index is 8.43. The zero-order chi connectivity index (χ0) is 14.6. The number of hydrogen-bond acceptors (Lipinski definition) is 3. The SMILES string of the molecule is CCN(CC#CCC(C)OCCC#N)c1ccccc1. The number of para-hydroxylation sites is 1. The molecule has 0 spiro atoms. The molecule has 0 saturated heterocycles. The molecule has 0 aliphatic rings. The van der Waals surface area contributed by atoms with E-state index in [-0.39, 0.29) is 6.10 Å². The molecule has 0 fully saturated rings. The molecule has 1 aromatic carbocycles. The number of nitriles is 1. The van der Waals surface area contributed by atoms with Crippen molar-refractivity contribution in [3.8, 4) is 17.9 Å². The van der Waals surface area contributed by atoms with Gasteiger partial charge in [-0.15, -0.1) is 0 Å². The second-order valence-corrected chi connectivity index (χ2v) is 4.50. The van der Waals surface area contributed by atoms with Crippen LogP contribution in [0.2, 0.25) is 0 Å². The lowest BCUT2D eigenvalue weighted by molar-refractivity contribution is 0.0739. The average molecular weight is 270 g/mol. The van der Waals surface area contributed by atoms with Gasteiger partial charge in [-0.2, -0.15) is 5.26 Å². The van der Waals surface area contributed by atoms with E-state index in [0.717, 1.165) is 13.1 Å². The predicted octanol–water partition coefficient (Wildman–Crippen LogP) is 3.23. The van der Waals surface area contributed by atoms with E-state index in [4.69, 9.17) is 10.00 Å². The van der Waals surface area contributed by atoms with Crippen LogP contribution in [0, 0.1) is 23.2 Å². The highest BCUT2D eigenvalue weighted by molar-refractivity contribution is 5.47. The van der Waals surface area contributed by atoms with Crippen molar-refractivity contribution >= 4 is 5.69 Å². The first-order chi connectivity index (χ1) is 9.77. The van der Waals surface area contributed by atoms with E-state index in [1.165, 1.54) is 5.69 Å². The predicted molar refractivity (Wildman–Crippen MR) is 82.4 cm³/mol. The summed E-state index contributed by atoms with van der Waals surface area (Å²) in [6.07, 6.45) is 1.23. The lowest BCUT2D eigenvalue weighted by Crippen LogP contribution is -2.22. The highest BCUT2D eigenvalue weighted by Gasteiger charge is 2.01. The zero-order valence-electron chi connectivity index (χ0n) is 12.3. The van der Waals surface area contributed by atoms with Crippen LogP contribution in [-0.4, -0.2) is 25.8 Å². The van der Waals surface area contributed by atoms with Gasteiger partial charge < -0.3 is 9.64 Å². The Kier molecular flexibility index (Phi) is 7.96. The van der Waals surface area contributed by atoms with Gasteiger partial charge in [-0.05, 0) is 26.0 Å². The molecule has 0 bridgehead atoms. The van der Waals surface area contributed by atoms with E-state index in [1.54, 1.807) is 0 Å². The van der Waals surface area contributed by atoms with E-state index < -0.39 is 0 Å². The van der Waals surface area contributed by atoms with Crippen molar-refractivity contribution in [1.29, 1.82) is 5.26 Å². The lowest BCUT2D eigenvalue weighted by atomic mass is 10.2. The van der Waals surface area contributed by atoms with Crippen molar-refractivity contribution in [3.63, 3.8) is 0 Å². The molecule has 0 aliphatic carbocycles. The standard InChI is InChI=1S/C17H22N2O/c1-3-19(17-11-5-4-6-12-17)14-8-7-10-16(2)20-15-9-13-18/h4-6,11-12,16H,3,9-10,14-15H2,1-2H3. The van der Waals surface area contributed by atoms with Crippen LogP contribution in [0.25, 0.3) is 0 Å². The summed E-state index contributed by atoms with van der Waals surface area (Å²) in [5.74, 6) is 6.33. The summed E-state index contributed by atoms with van der Waals surface area (Å²) < 4.78 is 5.46. The summed E-state index contributed by atoms with van der Waals surface area (Å²) in [5.41, 5.74) is 1.20. The Labute approximate surface area is 122 Å². The van der Waals surface area contributed by atoms with Crippen LogP contribution in [0.4, 0.5) is 5.69 Å².